The Balaban J connectivity index is 1.70. The summed E-state index contributed by atoms with van der Waals surface area (Å²) in [7, 11) is 0. The fourth-order valence-corrected chi connectivity index (χ4v) is 3.76. The van der Waals surface area contributed by atoms with E-state index in [1.165, 1.54) is 4.90 Å². The average molecular weight is 342 g/mol. The Labute approximate surface area is 144 Å². The Bertz CT molecular complexity index is 827. The van der Waals surface area contributed by atoms with Crippen LogP contribution >= 0.6 is 11.6 Å². The van der Waals surface area contributed by atoms with Crippen molar-refractivity contribution in [1.82, 2.24) is 4.90 Å². The van der Waals surface area contributed by atoms with E-state index in [4.69, 9.17) is 11.6 Å². The maximum absolute atomic E-state index is 13.2. The molecule has 0 aromatic heterocycles. The van der Waals surface area contributed by atoms with E-state index in [2.05, 4.69) is 0 Å². The molecule has 4 nitrogen and oxygen atoms in total. The number of hydrogen-bond acceptors (Lipinski definition) is 2. The first kappa shape index (κ1) is 15.2. The van der Waals surface area contributed by atoms with Crippen molar-refractivity contribution in [3.05, 3.63) is 70.2 Å². The van der Waals surface area contributed by atoms with E-state index in [-0.39, 0.29) is 5.91 Å². The molecule has 1 amide bonds. The maximum atomic E-state index is 13.2. The highest BCUT2D eigenvalue weighted by Gasteiger charge is 2.55. The normalized spacial score (nSPS) is 20.5. The predicted octanol–water partition coefficient (Wildman–Crippen LogP) is 3.54. The number of nitrogens with zero attached hydrogens (tertiary/aromatic N) is 1. The van der Waals surface area contributed by atoms with E-state index in [0.717, 1.165) is 24.0 Å². The van der Waals surface area contributed by atoms with Gasteiger partial charge in [0.15, 0.2) is 6.04 Å². The lowest BCUT2D eigenvalue weighted by Crippen LogP contribution is -2.40. The van der Waals surface area contributed by atoms with E-state index < -0.39 is 17.4 Å². The van der Waals surface area contributed by atoms with Crippen LogP contribution in [0.15, 0.2) is 48.5 Å². The van der Waals surface area contributed by atoms with E-state index in [1.807, 2.05) is 30.3 Å². The van der Waals surface area contributed by atoms with Crippen LogP contribution in [-0.2, 0) is 21.5 Å². The molecule has 1 fully saturated rings. The van der Waals surface area contributed by atoms with Crippen molar-refractivity contribution in [2.75, 3.05) is 0 Å². The standard InChI is InChI=1S/C19H16ClNO3/c20-14-7-5-13(6-8-14)19(9-10-19)18(24)21-11-12-3-1-2-4-15(12)16(21)17(22)23/h1-8,16H,9-11H2,(H,22,23). The Morgan fingerprint density at radius 1 is 1.08 bits per heavy atom. The van der Waals surface area contributed by atoms with Crippen molar-refractivity contribution < 1.29 is 14.7 Å². The molecule has 24 heavy (non-hydrogen) atoms. The van der Waals surface area contributed by atoms with Crippen LogP contribution in [0.4, 0.5) is 0 Å². The molecule has 1 aliphatic carbocycles. The molecule has 1 N–H and O–H groups in total. The zero-order valence-corrected chi connectivity index (χ0v) is 13.7. The minimum absolute atomic E-state index is 0.103. The Hall–Kier alpha value is -2.33. The molecule has 0 saturated heterocycles. The van der Waals surface area contributed by atoms with Crippen LogP contribution in [0, 0.1) is 0 Å². The SMILES string of the molecule is O=C(O)C1c2ccccc2CN1C(=O)C1(c2ccc(Cl)cc2)CC1. The van der Waals surface area contributed by atoms with Gasteiger partial charge in [0.2, 0.25) is 5.91 Å². The molecule has 1 aliphatic heterocycles. The van der Waals surface area contributed by atoms with Gasteiger partial charge in [-0.2, -0.15) is 0 Å². The number of hydrogen-bond donors (Lipinski definition) is 1. The van der Waals surface area contributed by atoms with E-state index in [0.29, 0.717) is 17.1 Å². The number of aliphatic carboxylic acids is 1. The second-order valence-electron chi connectivity index (χ2n) is 6.46. The van der Waals surface area contributed by atoms with Crippen LogP contribution in [0.1, 0.15) is 35.6 Å². The third-order valence-corrected chi connectivity index (χ3v) is 5.30. The molecule has 1 atom stereocenters. The molecular formula is C19H16ClNO3. The number of carboxylic acids is 1. The van der Waals surface area contributed by atoms with Crippen LogP contribution in [0.5, 0.6) is 0 Å². The first-order chi connectivity index (χ1) is 11.5. The zero-order valence-electron chi connectivity index (χ0n) is 12.9. The molecule has 1 unspecified atom stereocenters. The summed E-state index contributed by atoms with van der Waals surface area (Å²) in [6.45, 7) is 0.349. The van der Waals surface area contributed by atoms with Crippen LogP contribution in [-0.4, -0.2) is 21.9 Å². The molecule has 1 heterocycles. The number of carbonyl (C=O) groups excluding carboxylic acids is 1. The highest BCUT2D eigenvalue weighted by Crippen LogP contribution is 2.52. The summed E-state index contributed by atoms with van der Waals surface area (Å²) in [5.74, 6) is -1.09. The zero-order chi connectivity index (χ0) is 16.9. The van der Waals surface area contributed by atoms with Gasteiger partial charge >= 0.3 is 5.97 Å². The third kappa shape index (κ3) is 2.21. The van der Waals surface area contributed by atoms with Gasteiger partial charge in [0, 0.05) is 11.6 Å². The smallest absolute Gasteiger partial charge is 0.331 e. The van der Waals surface area contributed by atoms with Crippen LogP contribution in [0.2, 0.25) is 5.02 Å². The molecule has 2 aromatic carbocycles. The number of carbonyl (C=O) groups is 2. The van der Waals surface area contributed by atoms with Crippen molar-refractivity contribution in [2.45, 2.75) is 30.8 Å². The molecule has 1 saturated carbocycles. The molecule has 0 spiro atoms. The summed E-state index contributed by atoms with van der Waals surface area (Å²) in [6.07, 6.45) is 1.49. The summed E-state index contributed by atoms with van der Waals surface area (Å²) in [6, 6.07) is 13.8. The van der Waals surface area contributed by atoms with Crippen molar-refractivity contribution in [3.63, 3.8) is 0 Å². The second-order valence-corrected chi connectivity index (χ2v) is 6.90. The lowest BCUT2D eigenvalue weighted by Gasteiger charge is -2.27. The van der Waals surface area contributed by atoms with E-state index in [9.17, 15) is 14.7 Å². The van der Waals surface area contributed by atoms with Crippen molar-refractivity contribution in [3.8, 4) is 0 Å². The van der Waals surface area contributed by atoms with E-state index in [1.54, 1.807) is 18.2 Å². The highest BCUT2D eigenvalue weighted by molar-refractivity contribution is 6.30. The Morgan fingerprint density at radius 3 is 2.38 bits per heavy atom. The molecule has 4 rings (SSSR count). The lowest BCUT2D eigenvalue weighted by molar-refractivity contribution is -0.151. The average Bonchev–Trinajstić information content (AvgIpc) is 3.28. The molecule has 5 heteroatoms. The van der Waals surface area contributed by atoms with Gasteiger partial charge in [0.25, 0.3) is 0 Å². The second kappa shape index (κ2) is 5.35. The third-order valence-electron chi connectivity index (χ3n) is 5.05. The minimum Gasteiger partial charge on any atom is -0.479 e. The van der Waals surface area contributed by atoms with Gasteiger partial charge in [-0.15, -0.1) is 0 Å². The van der Waals surface area contributed by atoms with Gasteiger partial charge in [-0.05, 0) is 41.7 Å². The number of benzene rings is 2. The van der Waals surface area contributed by atoms with Crippen LogP contribution in [0.25, 0.3) is 0 Å². The van der Waals surface area contributed by atoms with Gasteiger partial charge in [-0.1, -0.05) is 48.0 Å². The predicted molar refractivity (Wildman–Crippen MR) is 89.7 cm³/mol. The summed E-state index contributed by atoms with van der Waals surface area (Å²) < 4.78 is 0. The number of fused-ring (bicyclic) bond motifs is 1. The van der Waals surface area contributed by atoms with Gasteiger partial charge in [0.1, 0.15) is 0 Å². The number of rotatable bonds is 3. The minimum atomic E-state index is -0.986. The van der Waals surface area contributed by atoms with Gasteiger partial charge in [-0.25, -0.2) is 4.79 Å². The summed E-state index contributed by atoms with van der Waals surface area (Å²) in [4.78, 5) is 26.5. The quantitative estimate of drug-likeness (QED) is 0.929. The van der Waals surface area contributed by atoms with Crippen molar-refractivity contribution in [2.24, 2.45) is 0 Å². The summed E-state index contributed by atoms with van der Waals surface area (Å²) in [5, 5.41) is 10.3. The summed E-state index contributed by atoms with van der Waals surface area (Å²) >= 11 is 5.94. The number of amides is 1. The molecule has 0 bridgehead atoms. The van der Waals surface area contributed by atoms with Gasteiger partial charge in [0.05, 0.1) is 5.41 Å². The molecular weight excluding hydrogens is 326 g/mol. The van der Waals surface area contributed by atoms with Gasteiger partial charge in [-0.3, -0.25) is 4.79 Å². The maximum Gasteiger partial charge on any atom is 0.331 e. The Kier molecular flexibility index (Phi) is 3.39. The molecule has 2 aliphatic rings. The van der Waals surface area contributed by atoms with Crippen LogP contribution < -0.4 is 0 Å². The first-order valence-corrected chi connectivity index (χ1v) is 8.28. The first-order valence-electron chi connectivity index (χ1n) is 7.91. The monoisotopic (exact) mass is 341 g/mol. The lowest BCUT2D eigenvalue weighted by atomic mass is 9.94. The fraction of sp³-hybridized carbons (Fsp3) is 0.263. The van der Waals surface area contributed by atoms with E-state index >= 15 is 0 Å². The topological polar surface area (TPSA) is 57.6 Å². The number of halogens is 1. The summed E-state index contributed by atoms with van der Waals surface area (Å²) in [5.41, 5.74) is 1.94. The fourth-order valence-electron chi connectivity index (χ4n) is 3.64. The highest BCUT2D eigenvalue weighted by atomic mass is 35.5. The largest absolute Gasteiger partial charge is 0.479 e. The Morgan fingerprint density at radius 2 is 1.75 bits per heavy atom. The van der Waals surface area contributed by atoms with Crippen LogP contribution in [0.3, 0.4) is 0 Å². The molecule has 2 aromatic rings. The van der Waals surface area contributed by atoms with Crippen molar-refractivity contribution >= 4 is 23.5 Å². The van der Waals surface area contributed by atoms with Crippen molar-refractivity contribution in [1.29, 1.82) is 0 Å². The molecule has 0 radical (unpaired) electrons. The number of carboxylic acid groups (broad SMARTS) is 1. The molecule has 122 valence electrons. The van der Waals surface area contributed by atoms with Gasteiger partial charge < -0.3 is 10.0 Å².